The fourth-order valence-electron chi connectivity index (χ4n) is 4.26. The van der Waals surface area contributed by atoms with Gasteiger partial charge in [-0.3, -0.25) is 0 Å². The minimum Gasteiger partial charge on any atom is -0.501 e. The first-order valence-electron chi connectivity index (χ1n) is 14.7. The van der Waals surface area contributed by atoms with Crippen LogP contribution in [0.15, 0.2) is 114 Å². The normalized spacial score (nSPS) is 13.7. The van der Waals surface area contributed by atoms with Crippen LogP contribution >= 0.6 is 0 Å². The number of hydrogen-bond donors (Lipinski definition) is 0. The van der Waals surface area contributed by atoms with Crippen LogP contribution in [0.5, 0.6) is 0 Å². The zero-order valence-corrected chi connectivity index (χ0v) is 22.4. The van der Waals surface area contributed by atoms with E-state index < -0.39 is 13.7 Å². The fourth-order valence-corrected chi connectivity index (χ4v) is 4.26. The number of furan rings is 1. The summed E-state index contributed by atoms with van der Waals surface area (Å²) in [4.78, 5) is 8.51. The minimum atomic E-state index is -2.18. The van der Waals surface area contributed by atoms with E-state index in [1.807, 2.05) is 30.3 Å². The summed E-state index contributed by atoms with van der Waals surface area (Å²) >= 11 is 0. The van der Waals surface area contributed by atoms with Gasteiger partial charge >= 0.3 is 0 Å². The Bertz CT molecular complexity index is 1980. The van der Waals surface area contributed by atoms with Crippen molar-refractivity contribution < 1.29 is 32.7 Å². The van der Waals surface area contributed by atoms with Crippen LogP contribution in [-0.4, -0.2) is 9.97 Å². The molecule has 0 fully saturated rings. The van der Waals surface area contributed by atoms with Crippen molar-refractivity contribution in [3.05, 3.63) is 133 Å². The monoisotopic (exact) mass is 675 g/mol. The van der Waals surface area contributed by atoms with Crippen molar-refractivity contribution in [2.45, 2.75) is 13.7 Å². The molecule has 0 saturated heterocycles. The molecule has 0 saturated carbocycles. The molecule has 0 aliphatic carbocycles. The van der Waals surface area contributed by atoms with Crippen LogP contribution in [0.25, 0.3) is 55.2 Å². The molecule has 0 N–H and O–H groups in total. The van der Waals surface area contributed by atoms with Crippen LogP contribution in [0, 0.1) is 25.8 Å². The molecule has 0 aliphatic rings. The van der Waals surface area contributed by atoms with E-state index in [0.717, 1.165) is 33.2 Å². The van der Waals surface area contributed by atoms with Gasteiger partial charge in [-0.2, -0.15) is 0 Å². The maximum atomic E-state index is 7.28. The summed E-state index contributed by atoms with van der Waals surface area (Å²) in [6.07, 6.45) is 3.09. The maximum Gasteiger partial charge on any atom is 0.121 e. The summed E-state index contributed by atoms with van der Waals surface area (Å²) in [5, 5.41) is 4.63. The van der Waals surface area contributed by atoms with Crippen molar-refractivity contribution >= 4 is 32.7 Å². The summed E-state index contributed by atoms with van der Waals surface area (Å²) in [7, 11) is 0. The Hall–Kier alpha value is -4.11. The molecule has 7 rings (SSSR count). The SMILES string of the molecule is [2H]C([2H])([2H])c1c[c-]c(-c2ccc(C([2H])([2H])[2H])cn2)cc1.[Ir].[c-]1ccc2c(oc3cc4ccccc4cc32)c1-c1ccccn1. The first-order valence-corrected chi connectivity index (χ1v) is 11.7. The molecule has 0 bridgehead atoms. The van der Waals surface area contributed by atoms with Gasteiger partial charge in [0.1, 0.15) is 5.58 Å². The number of aryl methyl sites for hydroxylation is 2. The number of hydrogen-bond acceptors (Lipinski definition) is 3. The number of rotatable bonds is 2. The van der Waals surface area contributed by atoms with E-state index in [1.165, 1.54) is 35.2 Å². The van der Waals surface area contributed by atoms with Gasteiger partial charge < -0.3 is 14.4 Å². The summed E-state index contributed by atoms with van der Waals surface area (Å²) in [5.74, 6) is 0. The zero-order valence-electron chi connectivity index (χ0n) is 26.0. The van der Waals surface area contributed by atoms with Gasteiger partial charge in [0.05, 0.1) is 5.58 Å². The van der Waals surface area contributed by atoms with Gasteiger partial charge in [0.15, 0.2) is 0 Å². The molecule has 38 heavy (non-hydrogen) atoms. The summed E-state index contributed by atoms with van der Waals surface area (Å²) in [6, 6.07) is 36.2. The number of nitrogens with zero attached hydrogens (tertiary/aromatic N) is 2. The first kappa shape index (κ1) is 19.0. The van der Waals surface area contributed by atoms with Gasteiger partial charge in [-0.25, -0.2) is 0 Å². The quantitative estimate of drug-likeness (QED) is 0.172. The van der Waals surface area contributed by atoms with Gasteiger partial charge in [-0.05, 0) is 52.8 Å². The molecule has 3 nitrogen and oxygen atoms in total. The second kappa shape index (κ2) is 11.1. The fraction of sp³-hybridized carbons (Fsp3) is 0.0588. The maximum absolute atomic E-state index is 7.28. The second-order valence-electron chi connectivity index (χ2n) is 8.53. The van der Waals surface area contributed by atoms with Crippen molar-refractivity contribution in [2.75, 3.05) is 0 Å². The Morgan fingerprint density at radius 2 is 1.55 bits per heavy atom. The number of benzene rings is 4. The summed E-state index contributed by atoms with van der Waals surface area (Å²) in [5.41, 5.74) is 5.07. The van der Waals surface area contributed by atoms with Crippen LogP contribution in [0.4, 0.5) is 0 Å². The molecule has 4 heteroatoms. The van der Waals surface area contributed by atoms with Crippen LogP contribution in [0.1, 0.15) is 19.4 Å². The Kier molecular flexibility index (Phi) is 5.56. The summed E-state index contributed by atoms with van der Waals surface area (Å²) < 4.78 is 49.8. The van der Waals surface area contributed by atoms with Crippen molar-refractivity contribution in [1.29, 1.82) is 0 Å². The van der Waals surface area contributed by atoms with E-state index in [-0.39, 0.29) is 31.2 Å². The third-order valence-electron chi connectivity index (χ3n) is 6.07. The molecule has 0 aliphatic heterocycles. The first-order chi connectivity index (χ1) is 20.6. The molecule has 0 amide bonds. The van der Waals surface area contributed by atoms with Gasteiger partial charge in [0, 0.05) is 46.1 Å². The van der Waals surface area contributed by atoms with E-state index in [9.17, 15) is 0 Å². The predicted molar refractivity (Wildman–Crippen MR) is 151 cm³/mol. The smallest absolute Gasteiger partial charge is 0.121 e. The van der Waals surface area contributed by atoms with E-state index in [0.29, 0.717) is 11.3 Å². The Balaban J connectivity index is 0.000000173. The second-order valence-corrected chi connectivity index (χ2v) is 8.53. The van der Waals surface area contributed by atoms with E-state index in [2.05, 4.69) is 58.5 Å². The molecule has 7 aromatic rings. The zero-order chi connectivity index (χ0) is 30.2. The average molecular weight is 675 g/mol. The topological polar surface area (TPSA) is 38.9 Å². The molecule has 3 heterocycles. The Labute approximate surface area is 244 Å². The van der Waals surface area contributed by atoms with Gasteiger partial charge in [0.25, 0.3) is 0 Å². The summed E-state index contributed by atoms with van der Waals surface area (Å²) in [6.45, 7) is -4.34. The molecule has 1 radical (unpaired) electrons. The largest absolute Gasteiger partial charge is 0.501 e. The van der Waals surface area contributed by atoms with E-state index in [1.54, 1.807) is 18.3 Å². The van der Waals surface area contributed by atoms with Gasteiger partial charge in [-0.15, -0.1) is 53.6 Å². The van der Waals surface area contributed by atoms with E-state index in [4.69, 9.17) is 12.6 Å². The number of fused-ring (bicyclic) bond motifs is 4. The van der Waals surface area contributed by atoms with Crippen LogP contribution < -0.4 is 0 Å². The van der Waals surface area contributed by atoms with E-state index >= 15 is 0 Å². The van der Waals surface area contributed by atoms with Crippen LogP contribution in [0.2, 0.25) is 0 Å². The molecule has 3 aromatic heterocycles. The van der Waals surface area contributed by atoms with Gasteiger partial charge in [-0.1, -0.05) is 66.3 Å². The molecular formula is C34H24IrN2O-2. The minimum absolute atomic E-state index is 0. The van der Waals surface area contributed by atoms with Crippen molar-refractivity contribution in [3.63, 3.8) is 0 Å². The standard InChI is InChI=1S/C21H12NO.C13H12N.Ir/c1-2-7-15-13-20-18(12-14(15)6-1)16-8-5-9-17(21(16)23-20)19-10-3-4-11-22-19;1-10-3-6-12(7-4-10)13-8-5-11(2)9-14-13;/h1-8,10-13H;3-6,8-9H,1-2H3;/q2*-1;/i;1D3,2D3;. The van der Waals surface area contributed by atoms with Crippen molar-refractivity contribution in [1.82, 2.24) is 9.97 Å². The third kappa shape index (κ3) is 5.15. The third-order valence-corrected chi connectivity index (χ3v) is 6.07. The molecule has 0 unspecified atom stereocenters. The van der Waals surface area contributed by atoms with Crippen molar-refractivity contribution in [3.8, 4) is 22.5 Å². The molecule has 187 valence electrons. The van der Waals surface area contributed by atoms with Crippen molar-refractivity contribution in [2.24, 2.45) is 0 Å². The van der Waals surface area contributed by atoms with Crippen LogP contribution in [-0.2, 0) is 20.1 Å². The number of pyridine rings is 2. The molecular weight excluding hydrogens is 645 g/mol. The van der Waals surface area contributed by atoms with Crippen LogP contribution in [0.3, 0.4) is 0 Å². The Morgan fingerprint density at radius 1 is 0.737 bits per heavy atom. The average Bonchev–Trinajstić information content (AvgIpc) is 3.37. The Morgan fingerprint density at radius 3 is 2.26 bits per heavy atom. The molecule has 0 spiro atoms. The molecule has 4 aromatic carbocycles. The molecule has 0 atom stereocenters. The number of aromatic nitrogens is 2. The predicted octanol–water partition coefficient (Wildman–Crippen LogP) is 8.76. The van der Waals surface area contributed by atoms with Gasteiger partial charge in [0.2, 0.25) is 0 Å².